The number of nitrogens with zero attached hydrogens (tertiary/aromatic N) is 1. The fraction of sp³-hybridized carbons (Fsp3) is 0.167. The molecule has 0 unspecified atom stereocenters. The summed E-state index contributed by atoms with van der Waals surface area (Å²) >= 11 is 0. The van der Waals surface area contributed by atoms with E-state index in [4.69, 9.17) is 9.15 Å². The van der Waals surface area contributed by atoms with Crippen molar-refractivity contribution in [2.24, 2.45) is 0 Å². The summed E-state index contributed by atoms with van der Waals surface area (Å²) in [5.74, 6) is 0.368. The molecular weight excluding hydrogens is 308 g/mol. The zero-order valence-electron chi connectivity index (χ0n) is 13.3. The lowest BCUT2D eigenvalue weighted by molar-refractivity contribution is -0.123. The summed E-state index contributed by atoms with van der Waals surface area (Å²) in [6.07, 6.45) is 0. The molecule has 0 saturated carbocycles. The summed E-state index contributed by atoms with van der Waals surface area (Å²) in [6.45, 7) is 1.50. The van der Waals surface area contributed by atoms with Gasteiger partial charge in [-0.3, -0.25) is 4.79 Å². The van der Waals surface area contributed by atoms with E-state index in [-0.39, 0.29) is 12.5 Å². The third kappa shape index (κ3) is 3.12. The fourth-order valence-corrected chi connectivity index (χ4v) is 2.32. The quantitative estimate of drug-likeness (QED) is 0.746. The number of hydrogen-bond acceptors (Lipinski definition) is 5. The first-order valence-electron chi connectivity index (χ1n) is 7.43. The van der Waals surface area contributed by atoms with Gasteiger partial charge in [0.2, 0.25) is 0 Å². The van der Waals surface area contributed by atoms with Gasteiger partial charge in [0.05, 0.1) is 11.1 Å². The highest BCUT2D eigenvalue weighted by Crippen LogP contribution is 2.26. The number of aryl methyl sites for hydroxylation is 1. The SMILES string of the molecule is CNC(=O)COC(=O)c1cc(-c2ccc(C)o2)nc2ccccc12. The van der Waals surface area contributed by atoms with E-state index in [1.54, 1.807) is 18.2 Å². The van der Waals surface area contributed by atoms with Crippen LogP contribution >= 0.6 is 0 Å². The number of carbonyl (C=O) groups excluding carboxylic acids is 2. The molecule has 1 aromatic carbocycles. The van der Waals surface area contributed by atoms with Crippen molar-refractivity contribution in [1.29, 1.82) is 0 Å². The minimum absolute atomic E-state index is 0.332. The number of likely N-dealkylation sites (N-methyl/N-ethyl adjacent to an activating group) is 1. The minimum Gasteiger partial charge on any atom is -0.460 e. The van der Waals surface area contributed by atoms with Gasteiger partial charge in [0.1, 0.15) is 11.5 Å². The molecule has 0 radical (unpaired) electrons. The summed E-state index contributed by atoms with van der Waals surface area (Å²) < 4.78 is 10.7. The largest absolute Gasteiger partial charge is 0.460 e. The standard InChI is InChI=1S/C18H16N2O4/c1-11-7-8-16(24-11)15-9-13(18(22)23-10-17(21)19-2)12-5-3-4-6-14(12)20-15/h3-9H,10H2,1-2H3,(H,19,21). The second-order valence-corrected chi connectivity index (χ2v) is 5.23. The molecule has 6 nitrogen and oxygen atoms in total. The Kier molecular flexibility index (Phi) is 4.29. The predicted octanol–water partition coefficient (Wildman–Crippen LogP) is 2.71. The monoisotopic (exact) mass is 324 g/mol. The van der Waals surface area contributed by atoms with Crippen LogP contribution in [-0.4, -0.2) is 30.5 Å². The number of aromatic nitrogens is 1. The molecule has 0 spiro atoms. The number of ether oxygens (including phenoxy) is 1. The van der Waals surface area contributed by atoms with Crippen LogP contribution in [0, 0.1) is 6.92 Å². The first-order valence-corrected chi connectivity index (χ1v) is 7.43. The van der Waals surface area contributed by atoms with Gasteiger partial charge in [-0.25, -0.2) is 9.78 Å². The highest BCUT2D eigenvalue weighted by molar-refractivity contribution is 6.05. The lowest BCUT2D eigenvalue weighted by Gasteiger charge is -2.08. The molecular formula is C18H16N2O4. The molecule has 0 aliphatic heterocycles. The molecule has 2 heterocycles. The van der Waals surface area contributed by atoms with Crippen molar-refractivity contribution < 1.29 is 18.7 Å². The maximum absolute atomic E-state index is 12.4. The molecule has 0 aliphatic carbocycles. The second kappa shape index (κ2) is 6.54. The molecule has 1 amide bonds. The maximum Gasteiger partial charge on any atom is 0.339 e. The Morgan fingerprint density at radius 1 is 1.21 bits per heavy atom. The first-order chi connectivity index (χ1) is 11.6. The van der Waals surface area contributed by atoms with Crippen molar-refractivity contribution in [1.82, 2.24) is 10.3 Å². The summed E-state index contributed by atoms with van der Waals surface area (Å²) in [5.41, 5.74) is 1.53. The first kappa shape index (κ1) is 15.7. The van der Waals surface area contributed by atoms with Crippen LogP contribution in [0.15, 0.2) is 46.9 Å². The van der Waals surface area contributed by atoms with Crippen LogP contribution < -0.4 is 5.32 Å². The number of rotatable bonds is 4. The molecule has 3 rings (SSSR count). The number of esters is 1. The highest BCUT2D eigenvalue weighted by atomic mass is 16.5. The van der Waals surface area contributed by atoms with Gasteiger partial charge in [0.25, 0.3) is 5.91 Å². The number of pyridine rings is 1. The van der Waals surface area contributed by atoms with Crippen LogP contribution in [0.5, 0.6) is 0 Å². The van der Waals surface area contributed by atoms with E-state index in [0.29, 0.717) is 27.9 Å². The number of nitrogens with one attached hydrogen (secondary N) is 1. The van der Waals surface area contributed by atoms with Crippen LogP contribution in [-0.2, 0) is 9.53 Å². The third-order valence-electron chi connectivity index (χ3n) is 3.54. The summed E-state index contributed by atoms with van der Waals surface area (Å²) in [4.78, 5) is 28.2. The molecule has 122 valence electrons. The van der Waals surface area contributed by atoms with E-state index in [1.165, 1.54) is 7.05 Å². The zero-order chi connectivity index (χ0) is 17.1. The van der Waals surface area contributed by atoms with Crippen LogP contribution in [0.4, 0.5) is 0 Å². The number of carbonyl (C=O) groups is 2. The molecule has 0 fully saturated rings. The third-order valence-corrected chi connectivity index (χ3v) is 3.54. The van der Waals surface area contributed by atoms with Gasteiger partial charge in [-0.05, 0) is 31.2 Å². The minimum atomic E-state index is -0.582. The number of furan rings is 1. The Balaban J connectivity index is 2.04. The average molecular weight is 324 g/mol. The summed E-state index contributed by atoms with van der Waals surface area (Å²) in [7, 11) is 1.48. The lowest BCUT2D eigenvalue weighted by Crippen LogP contribution is -2.25. The molecule has 2 aromatic heterocycles. The number of amides is 1. The summed E-state index contributed by atoms with van der Waals surface area (Å²) in [5, 5.41) is 3.06. The van der Waals surface area contributed by atoms with Crippen molar-refractivity contribution >= 4 is 22.8 Å². The van der Waals surface area contributed by atoms with Crippen LogP contribution in [0.3, 0.4) is 0 Å². The molecule has 0 bridgehead atoms. The number of hydrogen-bond donors (Lipinski definition) is 1. The smallest absolute Gasteiger partial charge is 0.339 e. The van der Waals surface area contributed by atoms with Crippen molar-refractivity contribution in [2.45, 2.75) is 6.92 Å². The Bertz CT molecular complexity index is 914. The normalized spacial score (nSPS) is 10.6. The van der Waals surface area contributed by atoms with E-state index in [2.05, 4.69) is 10.3 Å². The van der Waals surface area contributed by atoms with Gasteiger partial charge in [0, 0.05) is 12.4 Å². The van der Waals surface area contributed by atoms with Gasteiger partial charge in [-0.2, -0.15) is 0 Å². The molecule has 6 heteroatoms. The van der Waals surface area contributed by atoms with Crippen molar-refractivity contribution in [3.8, 4) is 11.5 Å². The number of para-hydroxylation sites is 1. The van der Waals surface area contributed by atoms with Crippen molar-refractivity contribution in [3.63, 3.8) is 0 Å². The van der Waals surface area contributed by atoms with E-state index >= 15 is 0 Å². The summed E-state index contributed by atoms with van der Waals surface area (Å²) in [6, 6.07) is 12.5. The van der Waals surface area contributed by atoms with Gasteiger partial charge >= 0.3 is 5.97 Å². The average Bonchev–Trinajstić information content (AvgIpc) is 3.04. The Labute approximate surface area is 138 Å². The second-order valence-electron chi connectivity index (χ2n) is 5.23. The van der Waals surface area contributed by atoms with Crippen LogP contribution in [0.2, 0.25) is 0 Å². The molecule has 1 N–H and O–H groups in total. The van der Waals surface area contributed by atoms with E-state index in [9.17, 15) is 9.59 Å². The maximum atomic E-state index is 12.4. The van der Waals surface area contributed by atoms with Crippen molar-refractivity contribution in [2.75, 3.05) is 13.7 Å². The van der Waals surface area contributed by atoms with Crippen molar-refractivity contribution in [3.05, 3.63) is 53.8 Å². The molecule has 3 aromatic rings. The van der Waals surface area contributed by atoms with Gasteiger partial charge in [-0.1, -0.05) is 18.2 Å². The highest BCUT2D eigenvalue weighted by Gasteiger charge is 2.17. The predicted molar refractivity (Wildman–Crippen MR) is 88.5 cm³/mol. The van der Waals surface area contributed by atoms with Gasteiger partial charge < -0.3 is 14.5 Å². The molecule has 0 atom stereocenters. The molecule has 24 heavy (non-hydrogen) atoms. The lowest BCUT2D eigenvalue weighted by atomic mass is 10.1. The molecule has 0 saturated heterocycles. The Morgan fingerprint density at radius 3 is 2.71 bits per heavy atom. The Hall–Kier alpha value is -3.15. The fourth-order valence-electron chi connectivity index (χ4n) is 2.32. The Morgan fingerprint density at radius 2 is 2.00 bits per heavy atom. The zero-order valence-corrected chi connectivity index (χ0v) is 13.3. The number of benzene rings is 1. The topological polar surface area (TPSA) is 81.4 Å². The molecule has 0 aliphatic rings. The van der Waals surface area contributed by atoms with E-state index in [1.807, 2.05) is 31.2 Å². The van der Waals surface area contributed by atoms with Crippen LogP contribution in [0.25, 0.3) is 22.4 Å². The van der Waals surface area contributed by atoms with Gasteiger partial charge in [0.15, 0.2) is 12.4 Å². The van der Waals surface area contributed by atoms with Crippen LogP contribution in [0.1, 0.15) is 16.1 Å². The van der Waals surface area contributed by atoms with E-state index in [0.717, 1.165) is 5.76 Å². The van der Waals surface area contributed by atoms with E-state index < -0.39 is 5.97 Å². The van der Waals surface area contributed by atoms with Gasteiger partial charge in [-0.15, -0.1) is 0 Å². The number of fused-ring (bicyclic) bond motifs is 1.